The highest BCUT2D eigenvalue weighted by molar-refractivity contribution is 7.92. The van der Waals surface area contributed by atoms with Crippen LogP contribution in [0.25, 0.3) is 0 Å². The van der Waals surface area contributed by atoms with Crippen molar-refractivity contribution in [3.8, 4) is 0 Å². The van der Waals surface area contributed by atoms with Gasteiger partial charge in [0, 0.05) is 18.1 Å². The van der Waals surface area contributed by atoms with E-state index in [9.17, 15) is 8.42 Å². The maximum absolute atomic E-state index is 11.6. The van der Waals surface area contributed by atoms with Gasteiger partial charge in [0.25, 0.3) is 0 Å². The summed E-state index contributed by atoms with van der Waals surface area (Å²) in [6, 6.07) is 6.26. The molecule has 0 spiro atoms. The summed E-state index contributed by atoms with van der Waals surface area (Å²) in [4.78, 5) is 16.9. The number of hydrogen-bond donors (Lipinski definition) is 4. The van der Waals surface area contributed by atoms with Crippen LogP contribution in [0.15, 0.2) is 36.8 Å². The minimum absolute atomic E-state index is 0.144. The second-order valence-corrected chi connectivity index (χ2v) is 9.48. The van der Waals surface area contributed by atoms with Gasteiger partial charge in [0.15, 0.2) is 11.6 Å². The third-order valence-corrected chi connectivity index (χ3v) is 5.67. The minimum atomic E-state index is -3.49. The number of hydrogen-bond acceptors (Lipinski definition) is 9. The Balaban J connectivity index is 1.49. The van der Waals surface area contributed by atoms with Crippen LogP contribution in [-0.4, -0.2) is 47.7 Å². The number of rotatable bonds is 7. The lowest BCUT2D eigenvalue weighted by Gasteiger charge is -2.13. The number of anilines is 4. The van der Waals surface area contributed by atoms with Crippen LogP contribution in [0.4, 0.5) is 23.3 Å². The van der Waals surface area contributed by atoms with Gasteiger partial charge in [-0.25, -0.2) is 18.4 Å². The maximum atomic E-state index is 11.6. The highest BCUT2D eigenvalue weighted by atomic mass is 35.5. The Morgan fingerprint density at radius 2 is 1.84 bits per heavy atom. The van der Waals surface area contributed by atoms with Crippen LogP contribution in [0.5, 0.6) is 0 Å². The lowest BCUT2D eigenvalue weighted by atomic mass is 10.0. The van der Waals surface area contributed by atoms with Crippen molar-refractivity contribution < 1.29 is 8.42 Å². The molecule has 0 atom stereocenters. The number of fused-ring (bicyclic) bond motifs is 1. The SMILES string of the molecule is CS(=O)(=O)Nc1nccnc1CNc1nc(Nc2ccc3c(c2)CCNCC3)ncc1Cl. The smallest absolute Gasteiger partial charge is 0.231 e. The molecule has 1 aromatic carbocycles. The molecular formula is C20H23ClN8O2S. The molecule has 168 valence electrons. The Morgan fingerprint density at radius 3 is 2.66 bits per heavy atom. The summed E-state index contributed by atoms with van der Waals surface area (Å²) >= 11 is 6.25. The minimum Gasteiger partial charge on any atom is -0.363 e. The molecule has 1 aliphatic rings. The van der Waals surface area contributed by atoms with Crippen LogP contribution in [0.1, 0.15) is 16.8 Å². The van der Waals surface area contributed by atoms with Crippen molar-refractivity contribution in [3.05, 3.63) is 58.6 Å². The van der Waals surface area contributed by atoms with E-state index in [4.69, 9.17) is 11.6 Å². The van der Waals surface area contributed by atoms with Crippen LogP contribution in [0.2, 0.25) is 5.02 Å². The average molecular weight is 475 g/mol. The Morgan fingerprint density at radius 1 is 1.06 bits per heavy atom. The van der Waals surface area contributed by atoms with E-state index >= 15 is 0 Å². The Hall–Kier alpha value is -3.02. The first kappa shape index (κ1) is 22.2. The molecule has 0 saturated carbocycles. The summed E-state index contributed by atoms with van der Waals surface area (Å²) in [5, 5.41) is 10.0. The second-order valence-electron chi connectivity index (χ2n) is 7.33. The Labute approximate surface area is 191 Å². The standard InChI is InChI=1S/C20H23ClN8O2S/c1-32(30,31)29-19-17(23-8-9-24-19)12-25-18-16(21)11-26-20(28-18)27-15-3-2-13-4-6-22-7-5-14(13)10-15/h2-3,8-11,22H,4-7,12H2,1H3,(H,24,29)(H2,25,26,27,28). The van der Waals surface area contributed by atoms with Gasteiger partial charge in [-0.1, -0.05) is 17.7 Å². The van der Waals surface area contributed by atoms with Gasteiger partial charge >= 0.3 is 0 Å². The highest BCUT2D eigenvalue weighted by Crippen LogP contribution is 2.24. The average Bonchev–Trinajstić information content (AvgIpc) is 2.99. The van der Waals surface area contributed by atoms with Gasteiger partial charge in [0.2, 0.25) is 16.0 Å². The van der Waals surface area contributed by atoms with E-state index < -0.39 is 10.0 Å². The maximum Gasteiger partial charge on any atom is 0.231 e. The fourth-order valence-electron chi connectivity index (χ4n) is 3.36. The first-order chi connectivity index (χ1) is 15.4. The topological polar surface area (TPSA) is 134 Å². The van der Waals surface area contributed by atoms with Crippen molar-refractivity contribution in [2.24, 2.45) is 0 Å². The monoisotopic (exact) mass is 474 g/mol. The zero-order valence-corrected chi connectivity index (χ0v) is 19.0. The number of nitrogens with one attached hydrogen (secondary N) is 4. The van der Waals surface area contributed by atoms with Crippen molar-refractivity contribution in [3.63, 3.8) is 0 Å². The summed E-state index contributed by atoms with van der Waals surface area (Å²) in [5.41, 5.74) is 3.96. The molecule has 4 N–H and O–H groups in total. The van der Waals surface area contributed by atoms with Crippen molar-refractivity contribution >= 4 is 44.9 Å². The molecule has 0 radical (unpaired) electrons. The molecule has 3 heterocycles. The van der Waals surface area contributed by atoms with E-state index in [-0.39, 0.29) is 12.4 Å². The number of nitrogens with zero attached hydrogens (tertiary/aromatic N) is 4. The molecule has 10 nitrogen and oxygen atoms in total. The predicted molar refractivity (Wildman–Crippen MR) is 125 cm³/mol. The number of benzene rings is 1. The summed E-state index contributed by atoms with van der Waals surface area (Å²) in [7, 11) is -3.49. The van der Waals surface area contributed by atoms with Gasteiger partial charge in [0.1, 0.15) is 10.7 Å². The van der Waals surface area contributed by atoms with Gasteiger partial charge < -0.3 is 16.0 Å². The van der Waals surface area contributed by atoms with Crippen LogP contribution in [-0.2, 0) is 29.4 Å². The number of halogens is 1. The van der Waals surface area contributed by atoms with E-state index in [0.29, 0.717) is 22.5 Å². The molecule has 32 heavy (non-hydrogen) atoms. The van der Waals surface area contributed by atoms with Crippen LogP contribution >= 0.6 is 11.6 Å². The molecule has 0 saturated heterocycles. The van der Waals surface area contributed by atoms with E-state index in [1.54, 1.807) is 0 Å². The van der Waals surface area contributed by atoms with E-state index in [2.05, 4.69) is 52.7 Å². The highest BCUT2D eigenvalue weighted by Gasteiger charge is 2.13. The molecule has 0 bridgehead atoms. The molecule has 0 fully saturated rings. The summed E-state index contributed by atoms with van der Waals surface area (Å²) in [6.07, 6.45) is 7.43. The second kappa shape index (κ2) is 9.63. The van der Waals surface area contributed by atoms with Gasteiger partial charge in [0.05, 0.1) is 19.0 Å². The lowest BCUT2D eigenvalue weighted by Crippen LogP contribution is -2.16. The third-order valence-electron chi connectivity index (χ3n) is 4.83. The predicted octanol–water partition coefficient (Wildman–Crippen LogP) is 2.34. The molecule has 0 unspecified atom stereocenters. The fraction of sp³-hybridized carbons (Fsp3) is 0.300. The number of aromatic nitrogens is 4. The normalized spacial score (nSPS) is 13.7. The molecule has 0 amide bonds. The fourth-order valence-corrected chi connectivity index (χ4v) is 4.04. The molecular weight excluding hydrogens is 452 g/mol. The largest absolute Gasteiger partial charge is 0.363 e. The third kappa shape index (κ3) is 5.81. The Bertz CT molecular complexity index is 1220. The Kier molecular flexibility index (Phi) is 6.68. The summed E-state index contributed by atoms with van der Waals surface area (Å²) < 4.78 is 25.5. The molecule has 1 aliphatic heterocycles. The van der Waals surface area contributed by atoms with Crippen molar-refractivity contribution in [2.45, 2.75) is 19.4 Å². The lowest BCUT2D eigenvalue weighted by molar-refractivity contribution is 0.606. The molecule has 0 aliphatic carbocycles. The van der Waals surface area contributed by atoms with Crippen LogP contribution in [0, 0.1) is 0 Å². The van der Waals surface area contributed by atoms with Crippen molar-refractivity contribution in [1.29, 1.82) is 0 Å². The van der Waals surface area contributed by atoms with Crippen molar-refractivity contribution in [2.75, 3.05) is 34.7 Å². The van der Waals surface area contributed by atoms with Gasteiger partial charge in [-0.2, -0.15) is 4.98 Å². The molecule has 3 aromatic rings. The first-order valence-electron chi connectivity index (χ1n) is 10.0. The van der Waals surface area contributed by atoms with Crippen LogP contribution < -0.4 is 20.7 Å². The first-order valence-corrected chi connectivity index (χ1v) is 12.3. The van der Waals surface area contributed by atoms with Gasteiger partial charge in [-0.15, -0.1) is 0 Å². The summed E-state index contributed by atoms with van der Waals surface area (Å²) in [5.74, 6) is 0.918. The van der Waals surface area contributed by atoms with Crippen molar-refractivity contribution in [1.82, 2.24) is 25.3 Å². The van der Waals surface area contributed by atoms with Crippen LogP contribution in [0.3, 0.4) is 0 Å². The molecule has 4 rings (SSSR count). The van der Waals surface area contributed by atoms with E-state index in [0.717, 1.165) is 37.9 Å². The zero-order chi connectivity index (χ0) is 22.6. The molecule has 12 heteroatoms. The molecule has 2 aromatic heterocycles. The number of sulfonamides is 1. The van der Waals surface area contributed by atoms with E-state index in [1.165, 1.54) is 29.7 Å². The van der Waals surface area contributed by atoms with E-state index in [1.807, 2.05) is 6.07 Å². The quantitative estimate of drug-likeness (QED) is 0.407. The summed E-state index contributed by atoms with van der Waals surface area (Å²) in [6.45, 7) is 2.11. The zero-order valence-electron chi connectivity index (χ0n) is 17.4. The van der Waals surface area contributed by atoms with Gasteiger partial charge in [-0.05, 0) is 49.2 Å². The van der Waals surface area contributed by atoms with Gasteiger partial charge in [-0.3, -0.25) is 9.71 Å².